The Hall–Kier alpha value is -2.14. The highest BCUT2D eigenvalue weighted by Crippen LogP contribution is 2.19. The second kappa shape index (κ2) is 5.69. The molecule has 1 amide bonds. The van der Waals surface area contributed by atoms with Crippen molar-refractivity contribution in [3.63, 3.8) is 0 Å². The van der Waals surface area contributed by atoms with Gasteiger partial charge in [-0.1, -0.05) is 31.0 Å². The first kappa shape index (κ1) is 13.8. The van der Waals surface area contributed by atoms with Crippen LogP contribution < -0.4 is 10.9 Å². The van der Waals surface area contributed by atoms with E-state index in [1.54, 1.807) is 18.2 Å². The Morgan fingerprint density at radius 2 is 2.00 bits per heavy atom. The van der Waals surface area contributed by atoms with Gasteiger partial charge in [-0.05, 0) is 25.0 Å². The highest BCUT2D eigenvalue weighted by molar-refractivity contribution is 5.96. The summed E-state index contributed by atoms with van der Waals surface area (Å²) in [4.78, 5) is 24.1. The number of aliphatic hydroxyl groups excluding tert-OH is 1. The molecule has 0 radical (unpaired) electrons. The van der Waals surface area contributed by atoms with Gasteiger partial charge in [0, 0.05) is 5.39 Å². The molecule has 2 N–H and O–H groups in total. The second-order valence-corrected chi connectivity index (χ2v) is 5.42. The number of aliphatic hydroxyl groups is 1. The molecule has 1 saturated carbocycles. The third kappa shape index (κ3) is 2.83. The third-order valence-electron chi connectivity index (χ3n) is 3.93. The van der Waals surface area contributed by atoms with E-state index in [2.05, 4.69) is 5.32 Å². The van der Waals surface area contributed by atoms with Gasteiger partial charge in [0.05, 0.1) is 12.1 Å². The van der Waals surface area contributed by atoms with Crippen LogP contribution in [-0.4, -0.2) is 23.2 Å². The largest absolute Gasteiger partial charge is 0.422 e. The topological polar surface area (TPSA) is 79.5 Å². The van der Waals surface area contributed by atoms with E-state index in [1.165, 1.54) is 6.07 Å². The number of nitrogens with one attached hydrogen (secondary N) is 1. The Morgan fingerprint density at radius 3 is 2.81 bits per heavy atom. The molecule has 1 aliphatic rings. The van der Waals surface area contributed by atoms with Crippen LogP contribution in [-0.2, 0) is 0 Å². The van der Waals surface area contributed by atoms with E-state index < -0.39 is 17.6 Å². The molecule has 1 heterocycles. The maximum Gasteiger partial charge on any atom is 0.349 e. The summed E-state index contributed by atoms with van der Waals surface area (Å²) in [5, 5.41) is 13.3. The summed E-state index contributed by atoms with van der Waals surface area (Å²) in [7, 11) is 0. The van der Waals surface area contributed by atoms with Gasteiger partial charge in [0.1, 0.15) is 11.1 Å². The Labute approximate surface area is 121 Å². The lowest BCUT2D eigenvalue weighted by molar-refractivity contribution is 0.0715. The molecule has 0 spiro atoms. The van der Waals surface area contributed by atoms with Crippen LogP contribution in [0.15, 0.2) is 39.5 Å². The first-order chi connectivity index (χ1) is 10.1. The van der Waals surface area contributed by atoms with E-state index in [0.29, 0.717) is 17.4 Å². The van der Waals surface area contributed by atoms with E-state index in [-0.39, 0.29) is 11.6 Å². The summed E-state index contributed by atoms with van der Waals surface area (Å²) >= 11 is 0. The van der Waals surface area contributed by atoms with E-state index in [1.807, 2.05) is 6.07 Å². The Bertz CT molecular complexity index is 722. The minimum atomic E-state index is -0.656. The molecule has 1 aromatic heterocycles. The van der Waals surface area contributed by atoms with E-state index in [0.717, 1.165) is 19.3 Å². The number of para-hydroxylation sites is 1. The molecular weight excluding hydrogens is 270 g/mol. The van der Waals surface area contributed by atoms with Crippen molar-refractivity contribution < 1.29 is 14.3 Å². The molecule has 0 aliphatic heterocycles. The molecule has 0 bridgehead atoms. The fraction of sp³-hybridized carbons (Fsp3) is 0.375. The van der Waals surface area contributed by atoms with Gasteiger partial charge in [0.15, 0.2) is 0 Å². The van der Waals surface area contributed by atoms with Crippen LogP contribution in [0, 0.1) is 0 Å². The third-order valence-corrected chi connectivity index (χ3v) is 3.93. The van der Waals surface area contributed by atoms with Crippen molar-refractivity contribution in [2.45, 2.75) is 37.8 Å². The summed E-state index contributed by atoms with van der Waals surface area (Å²) in [5.74, 6) is -0.486. The van der Waals surface area contributed by atoms with Gasteiger partial charge in [0.25, 0.3) is 5.91 Å². The maximum atomic E-state index is 12.2. The van der Waals surface area contributed by atoms with Crippen molar-refractivity contribution >= 4 is 16.9 Å². The number of rotatable bonds is 2. The fourth-order valence-electron chi connectivity index (χ4n) is 2.75. The van der Waals surface area contributed by atoms with Crippen LogP contribution in [0.4, 0.5) is 0 Å². The zero-order chi connectivity index (χ0) is 14.8. The van der Waals surface area contributed by atoms with Crippen molar-refractivity contribution in [3.05, 3.63) is 46.3 Å². The average Bonchev–Trinajstić information content (AvgIpc) is 2.49. The van der Waals surface area contributed by atoms with Crippen molar-refractivity contribution in [1.29, 1.82) is 0 Å². The molecule has 1 aliphatic carbocycles. The average molecular weight is 287 g/mol. The van der Waals surface area contributed by atoms with Crippen LogP contribution in [0.3, 0.4) is 0 Å². The Balaban J connectivity index is 1.87. The first-order valence-electron chi connectivity index (χ1n) is 7.17. The SMILES string of the molecule is O=C(NC1CCCCC1O)c1cc2ccccc2oc1=O. The number of carbonyl (C=O) groups is 1. The predicted molar refractivity (Wildman–Crippen MR) is 78.2 cm³/mol. The first-order valence-corrected chi connectivity index (χ1v) is 7.17. The number of fused-ring (bicyclic) bond motifs is 1. The summed E-state index contributed by atoms with van der Waals surface area (Å²) in [6.45, 7) is 0. The molecule has 3 rings (SSSR count). The fourth-order valence-corrected chi connectivity index (χ4v) is 2.75. The standard InChI is InChI=1S/C16H17NO4/c18-13-7-3-2-6-12(13)17-15(19)11-9-10-5-1-4-8-14(10)21-16(11)20/h1,4-5,8-9,12-13,18H,2-3,6-7H2,(H,17,19). The van der Waals surface area contributed by atoms with Gasteiger partial charge in [0.2, 0.25) is 0 Å². The summed E-state index contributed by atoms with van der Waals surface area (Å²) < 4.78 is 5.15. The molecule has 2 unspecified atom stereocenters. The van der Waals surface area contributed by atoms with Gasteiger partial charge in [-0.3, -0.25) is 4.79 Å². The van der Waals surface area contributed by atoms with Crippen molar-refractivity contribution in [2.75, 3.05) is 0 Å². The number of benzene rings is 1. The van der Waals surface area contributed by atoms with Crippen LogP contribution in [0.25, 0.3) is 11.0 Å². The number of carbonyl (C=O) groups excluding carboxylic acids is 1. The molecule has 110 valence electrons. The van der Waals surface area contributed by atoms with Gasteiger partial charge in [-0.2, -0.15) is 0 Å². The maximum absolute atomic E-state index is 12.2. The number of hydrogen-bond acceptors (Lipinski definition) is 4. The Morgan fingerprint density at radius 1 is 1.24 bits per heavy atom. The number of hydrogen-bond donors (Lipinski definition) is 2. The second-order valence-electron chi connectivity index (χ2n) is 5.42. The highest BCUT2D eigenvalue weighted by Gasteiger charge is 2.26. The zero-order valence-electron chi connectivity index (χ0n) is 11.5. The lowest BCUT2D eigenvalue weighted by Crippen LogP contribution is -2.46. The van der Waals surface area contributed by atoms with Gasteiger partial charge in [-0.15, -0.1) is 0 Å². The minimum absolute atomic E-state index is 0.0218. The van der Waals surface area contributed by atoms with Crippen molar-refractivity contribution in [2.24, 2.45) is 0 Å². The predicted octanol–water partition coefficient (Wildman–Crippen LogP) is 1.83. The highest BCUT2D eigenvalue weighted by atomic mass is 16.4. The monoisotopic (exact) mass is 287 g/mol. The molecular formula is C16H17NO4. The lowest BCUT2D eigenvalue weighted by atomic mass is 9.92. The van der Waals surface area contributed by atoms with Crippen molar-refractivity contribution in [1.82, 2.24) is 5.32 Å². The smallest absolute Gasteiger partial charge is 0.349 e. The van der Waals surface area contributed by atoms with Gasteiger partial charge >= 0.3 is 5.63 Å². The molecule has 5 heteroatoms. The summed E-state index contributed by atoms with van der Waals surface area (Å²) in [6, 6.07) is 8.29. The molecule has 0 saturated heterocycles. The summed E-state index contributed by atoms with van der Waals surface area (Å²) in [6.07, 6.45) is 2.79. The van der Waals surface area contributed by atoms with Crippen molar-refractivity contribution in [3.8, 4) is 0 Å². The normalized spacial score (nSPS) is 22.1. The van der Waals surface area contributed by atoms with Gasteiger partial charge in [-0.25, -0.2) is 4.79 Å². The molecule has 1 fully saturated rings. The molecule has 2 atom stereocenters. The molecule has 21 heavy (non-hydrogen) atoms. The minimum Gasteiger partial charge on any atom is -0.422 e. The Kier molecular flexibility index (Phi) is 3.75. The zero-order valence-corrected chi connectivity index (χ0v) is 11.5. The number of amides is 1. The van der Waals surface area contributed by atoms with E-state index >= 15 is 0 Å². The van der Waals surface area contributed by atoms with Crippen LogP contribution in [0.5, 0.6) is 0 Å². The summed E-state index contributed by atoms with van der Waals surface area (Å²) in [5.41, 5.74) is -0.222. The van der Waals surface area contributed by atoms with Crippen LogP contribution >= 0.6 is 0 Å². The van der Waals surface area contributed by atoms with E-state index in [4.69, 9.17) is 4.42 Å². The molecule has 1 aromatic carbocycles. The molecule has 2 aromatic rings. The van der Waals surface area contributed by atoms with Crippen LogP contribution in [0.1, 0.15) is 36.0 Å². The quantitative estimate of drug-likeness (QED) is 0.826. The van der Waals surface area contributed by atoms with Gasteiger partial charge < -0.3 is 14.8 Å². The van der Waals surface area contributed by atoms with E-state index in [9.17, 15) is 14.7 Å². The molecule has 5 nitrogen and oxygen atoms in total. The van der Waals surface area contributed by atoms with Crippen LogP contribution in [0.2, 0.25) is 0 Å². The lowest BCUT2D eigenvalue weighted by Gasteiger charge is -2.28.